The Morgan fingerprint density at radius 3 is 2.30 bits per heavy atom. The lowest BCUT2D eigenvalue weighted by Gasteiger charge is -2.32. The molecule has 1 heterocycles. The first-order valence-electron chi connectivity index (χ1n) is 15.2. The van der Waals surface area contributed by atoms with Crippen LogP contribution in [0.5, 0.6) is 11.5 Å². The van der Waals surface area contributed by atoms with Crippen LogP contribution in [0.25, 0.3) is 22.3 Å². The molecule has 9 nitrogen and oxygen atoms in total. The van der Waals surface area contributed by atoms with Gasteiger partial charge in [-0.1, -0.05) is 62.4 Å². The predicted molar refractivity (Wildman–Crippen MR) is 188 cm³/mol. The van der Waals surface area contributed by atoms with Crippen LogP contribution in [0.1, 0.15) is 43.4 Å². The summed E-state index contributed by atoms with van der Waals surface area (Å²) in [5.41, 5.74) is 2.76. The van der Waals surface area contributed by atoms with Crippen molar-refractivity contribution in [3.8, 4) is 28.9 Å². The maximum absolute atomic E-state index is 13.3. The third-order valence-electron chi connectivity index (χ3n) is 8.70. The molecule has 0 bridgehead atoms. The standard InChI is InChI=1S/C37H43N3O5.ClH.H2O/c1-25(2)37(24-38,29-17-18-31(43-6)32(21-29)44-7)19-12-20-39(4)23-33(41)40(5)22-28-15-11-16-30-34(42)26(3)35(45-36(28)30)27-13-9-8-10-14-27;;/h8-11,13-18,21,25H,12,19-20,22-23H2,1-7H3;1H;1H2. The van der Waals surface area contributed by atoms with Gasteiger partial charge in [0.2, 0.25) is 5.91 Å². The Balaban J connectivity index is 0.00000384. The van der Waals surface area contributed by atoms with E-state index < -0.39 is 5.41 Å². The number of halogens is 1. The molecule has 1 amide bonds. The van der Waals surface area contributed by atoms with Crippen molar-refractivity contribution in [3.05, 3.63) is 93.6 Å². The largest absolute Gasteiger partial charge is 0.493 e. The molecule has 4 rings (SSSR count). The molecule has 47 heavy (non-hydrogen) atoms. The molecule has 0 radical (unpaired) electrons. The van der Waals surface area contributed by atoms with Crippen LogP contribution in [0, 0.1) is 24.2 Å². The monoisotopic (exact) mass is 663 g/mol. The van der Waals surface area contributed by atoms with Crippen molar-refractivity contribution in [2.45, 2.75) is 45.6 Å². The molecule has 1 aromatic heterocycles. The molecule has 0 aliphatic rings. The highest BCUT2D eigenvalue weighted by Gasteiger charge is 2.36. The molecule has 0 saturated carbocycles. The van der Waals surface area contributed by atoms with Gasteiger partial charge in [-0.25, -0.2) is 0 Å². The second-order valence-electron chi connectivity index (χ2n) is 11.9. The van der Waals surface area contributed by atoms with Gasteiger partial charge in [-0.3, -0.25) is 14.5 Å². The molecule has 0 saturated heterocycles. The zero-order valence-electron chi connectivity index (χ0n) is 28.3. The fourth-order valence-corrected chi connectivity index (χ4v) is 5.89. The molecule has 0 spiro atoms. The second-order valence-corrected chi connectivity index (χ2v) is 11.9. The number of ether oxygens (including phenoxy) is 2. The number of hydrogen-bond donors (Lipinski definition) is 0. The van der Waals surface area contributed by atoms with Crippen LogP contribution in [0.2, 0.25) is 0 Å². The van der Waals surface area contributed by atoms with Crippen LogP contribution in [0.4, 0.5) is 0 Å². The summed E-state index contributed by atoms with van der Waals surface area (Å²) in [5.74, 6) is 1.76. The van der Waals surface area contributed by atoms with Gasteiger partial charge in [0, 0.05) is 30.3 Å². The number of hydrogen-bond acceptors (Lipinski definition) is 7. The van der Waals surface area contributed by atoms with Crippen molar-refractivity contribution in [3.63, 3.8) is 0 Å². The van der Waals surface area contributed by atoms with E-state index in [9.17, 15) is 14.9 Å². The molecule has 10 heteroatoms. The minimum atomic E-state index is -0.712. The first-order valence-corrected chi connectivity index (χ1v) is 15.2. The molecule has 3 aromatic carbocycles. The van der Waals surface area contributed by atoms with Gasteiger partial charge in [0.05, 0.1) is 37.6 Å². The number of para-hydroxylation sites is 1. The summed E-state index contributed by atoms with van der Waals surface area (Å²) in [6.07, 6.45) is 1.35. The van der Waals surface area contributed by atoms with Crippen LogP contribution in [-0.4, -0.2) is 62.6 Å². The van der Waals surface area contributed by atoms with Crippen LogP contribution >= 0.6 is 12.4 Å². The van der Waals surface area contributed by atoms with Crippen LogP contribution < -0.4 is 14.9 Å². The Kier molecular flexibility index (Phi) is 14.0. The fourth-order valence-electron chi connectivity index (χ4n) is 5.89. The first kappa shape index (κ1) is 38.8. The lowest BCUT2D eigenvalue weighted by Crippen LogP contribution is -2.37. The van der Waals surface area contributed by atoms with Crippen molar-refractivity contribution in [2.75, 3.05) is 41.4 Å². The second kappa shape index (κ2) is 17.0. The Labute approximate surface area is 283 Å². The van der Waals surface area contributed by atoms with E-state index in [2.05, 4.69) is 19.9 Å². The van der Waals surface area contributed by atoms with E-state index in [1.807, 2.05) is 72.6 Å². The predicted octanol–water partition coefficient (Wildman–Crippen LogP) is 6.17. The number of benzene rings is 3. The van der Waals surface area contributed by atoms with Gasteiger partial charge in [0.15, 0.2) is 16.9 Å². The Bertz CT molecular complexity index is 1750. The molecule has 0 aliphatic heterocycles. The normalized spacial score (nSPS) is 12.1. The van der Waals surface area contributed by atoms with Gasteiger partial charge in [-0.2, -0.15) is 5.26 Å². The zero-order valence-corrected chi connectivity index (χ0v) is 29.1. The molecular weight excluding hydrogens is 618 g/mol. The average Bonchev–Trinajstić information content (AvgIpc) is 3.04. The molecule has 2 N–H and O–H groups in total. The molecule has 1 atom stereocenters. The molecular formula is C37H46ClN3O6. The number of nitrogens with zero attached hydrogens (tertiary/aromatic N) is 3. The Hall–Kier alpha value is -4.36. The first-order chi connectivity index (χ1) is 21.6. The van der Waals surface area contributed by atoms with E-state index in [1.165, 1.54) is 0 Å². The maximum atomic E-state index is 13.3. The minimum absolute atomic E-state index is 0. The SMILES string of the molecule is COc1ccc(C(C#N)(CCCN(C)CC(=O)N(C)Cc2cccc3c(=O)c(C)c(-c4ccccc4)oc23)C(C)C)cc1OC.Cl.O. The van der Waals surface area contributed by atoms with Crippen LogP contribution in [0.3, 0.4) is 0 Å². The van der Waals surface area contributed by atoms with E-state index in [-0.39, 0.29) is 41.7 Å². The summed E-state index contributed by atoms with van der Waals surface area (Å²) in [4.78, 5) is 30.2. The highest BCUT2D eigenvalue weighted by molar-refractivity contribution is 5.85. The molecule has 0 aliphatic carbocycles. The van der Waals surface area contributed by atoms with Crippen molar-refractivity contribution in [1.29, 1.82) is 5.26 Å². The number of rotatable bonds is 13. The molecule has 252 valence electrons. The maximum Gasteiger partial charge on any atom is 0.236 e. The number of carbonyl (C=O) groups excluding carboxylic acids is 1. The summed E-state index contributed by atoms with van der Waals surface area (Å²) < 4.78 is 17.2. The third kappa shape index (κ3) is 8.33. The number of carbonyl (C=O) groups is 1. The summed E-state index contributed by atoms with van der Waals surface area (Å²) >= 11 is 0. The quantitative estimate of drug-likeness (QED) is 0.167. The highest BCUT2D eigenvalue weighted by Crippen LogP contribution is 2.40. The van der Waals surface area contributed by atoms with Gasteiger partial charge < -0.3 is 24.3 Å². The number of likely N-dealkylation sites (N-methyl/N-ethyl adjacent to an activating group) is 2. The van der Waals surface area contributed by atoms with Gasteiger partial charge in [0.1, 0.15) is 11.3 Å². The highest BCUT2D eigenvalue weighted by atomic mass is 35.5. The van der Waals surface area contributed by atoms with E-state index in [4.69, 9.17) is 13.9 Å². The van der Waals surface area contributed by atoms with Crippen molar-refractivity contribution >= 4 is 29.3 Å². The Morgan fingerprint density at radius 2 is 1.68 bits per heavy atom. The summed E-state index contributed by atoms with van der Waals surface area (Å²) in [5, 5.41) is 10.9. The number of fused-ring (bicyclic) bond motifs is 1. The Morgan fingerprint density at radius 1 is 1.00 bits per heavy atom. The molecule has 1 unspecified atom stereocenters. The van der Waals surface area contributed by atoms with Gasteiger partial charge in [-0.05, 0) is 63.0 Å². The van der Waals surface area contributed by atoms with Crippen LogP contribution in [-0.2, 0) is 16.8 Å². The van der Waals surface area contributed by atoms with Crippen LogP contribution in [0.15, 0.2) is 75.9 Å². The molecule has 0 fully saturated rings. The van der Waals surface area contributed by atoms with E-state index in [0.717, 1.165) is 23.1 Å². The number of methoxy groups -OCH3 is 2. The number of nitriles is 1. The van der Waals surface area contributed by atoms with E-state index in [1.54, 1.807) is 39.2 Å². The van der Waals surface area contributed by atoms with E-state index in [0.29, 0.717) is 53.3 Å². The molecule has 4 aromatic rings. The zero-order chi connectivity index (χ0) is 32.7. The van der Waals surface area contributed by atoms with E-state index >= 15 is 0 Å². The topological polar surface area (TPSA) is 128 Å². The van der Waals surface area contributed by atoms with Gasteiger partial charge in [0.25, 0.3) is 0 Å². The van der Waals surface area contributed by atoms with Crippen molar-refractivity contribution in [2.24, 2.45) is 5.92 Å². The average molecular weight is 664 g/mol. The fraction of sp³-hybridized carbons (Fsp3) is 0.378. The van der Waals surface area contributed by atoms with Gasteiger partial charge in [-0.15, -0.1) is 12.4 Å². The lowest BCUT2D eigenvalue weighted by molar-refractivity contribution is -0.131. The summed E-state index contributed by atoms with van der Waals surface area (Å²) in [6.45, 7) is 7.06. The third-order valence-corrected chi connectivity index (χ3v) is 8.70. The van der Waals surface area contributed by atoms with Gasteiger partial charge >= 0.3 is 0 Å². The van der Waals surface area contributed by atoms with Crippen molar-refractivity contribution < 1.29 is 24.2 Å². The summed E-state index contributed by atoms with van der Waals surface area (Å²) in [7, 11) is 6.86. The summed E-state index contributed by atoms with van der Waals surface area (Å²) in [6, 6.07) is 23.3. The van der Waals surface area contributed by atoms with Crippen molar-refractivity contribution in [1.82, 2.24) is 9.80 Å². The minimum Gasteiger partial charge on any atom is -0.493 e. The smallest absolute Gasteiger partial charge is 0.236 e. The number of amides is 1. The lowest BCUT2D eigenvalue weighted by atomic mass is 9.69.